The van der Waals surface area contributed by atoms with Crippen LogP contribution in [-0.2, 0) is 0 Å². The maximum Gasteiger partial charge on any atom is 0.152 e. The maximum atomic E-state index is 13.9. The Labute approximate surface area is 119 Å². The first-order chi connectivity index (χ1) is 9.41. The van der Waals surface area contributed by atoms with Crippen LogP contribution in [0.25, 0.3) is 0 Å². The number of benzene rings is 2. The van der Waals surface area contributed by atoms with Crippen molar-refractivity contribution in [3.05, 3.63) is 58.9 Å². The molecule has 2 rings (SSSR count). The molecule has 2 nitrogen and oxygen atoms in total. The van der Waals surface area contributed by atoms with E-state index in [0.717, 1.165) is 6.07 Å². The van der Waals surface area contributed by atoms with Crippen molar-refractivity contribution < 1.29 is 13.2 Å². The number of halogens is 3. The van der Waals surface area contributed by atoms with Gasteiger partial charge in [-0.3, -0.25) is 0 Å². The van der Waals surface area contributed by atoms with Crippen molar-refractivity contribution in [3.63, 3.8) is 0 Å². The Morgan fingerprint density at radius 2 is 1.80 bits per heavy atom. The minimum Gasteiger partial charge on any atom is -0.389 e. The highest BCUT2D eigenvalue weighted by Crippen LogP contribution is 2.28. The summed E-state index contributed by atoms with van der Waals surface area (Å²) in [6.45, 7) is 1.50. The lowest BCUT2D eigenvalue weighted by Gasteiger charge is -2.14. The minimum atomic E-state index is -0.786. The third-order valence-electron chi connectivity index (χ3n) is 2.80. The number of nitrogens with two attached hydrogens (primary N) is 1. The van der Waals surface area contributed by atoms with Gasteiger partial charge in [-0.2, -0.15) is 0 Å². The normalized spacial score (nSPS) is 10.4. The fourth-order valence-corrected chi connectivity index (χ4v) is 1.99. The molecule has 0 saturated heterocycles. The van der Waals surface area contributed by atoms with E-state index >= 15 is 0 Å². The van der Waals surface area contributed by atoms with Gasteiger partial charge in [0.25, 0.3) is 0 Å². The second kappa shape index (κ2) is 5.50. The average molecular weight is 296 g/mol. The zero-order chi connectivity index (χ0) is 14.9. The monoisotopic (exact) mass is 296 g/mol. The highest BCUT2D eigenvalue weighted by molar-refractivity contribution is 7.80. The zero-order valence-corrected chi connectivity index (χ0v) is 11.3. The van der Waals surface area contributed by atoms with Gasteiger partial charge in [-0.05, 0) is 30.7 Å². The van der Waals surface area contributed by atoms with E-state index in [0.29, 0.717) is 0 Å². The molecule has 0 fully saturated rings. The summed E-state index contributed by atoms with van der Waals surface area (Å²) in [4.78, 5) is -0.195. The summed E-state index contributed by atoms with van der Waals surface area (Å²) in [5.74, 6) is -2.19. The number of hydrogen-bond acceptors (Lipinski definition) is 2. The largest absolute Gasteiger partial charge is 0.389 e. The second-order valence-electron chi connectivity index (χ2n) is 4.20. The van der Waals surface area contributed by atoms with Crippen molar-refractivity contribution >= 4 is 28.6 Å². The van der Waals surface area contributed by atoms with Crippen molar-refractivity contribution in [2.45, 2.75) is 6.92 Å². The molecule has 6 heteroatoms. The van der Waals surface area contributed by atoms with E-state index in [1.807, 2.05) is 0 Å². The summed E-state index contributed by atoms with van der Waals surface area (Å²) in [6.07, 6.45) is 0. The molecule has 0 amide bonds. The standard InChI is InChI=1S/C14H11F3N2S/c1-7-5-6-9(16)13(12(7)17)19-10-4-2-3-8(15)11(10)14(18)20/h2-6,19H,1H3,(H2,18,20). The Balaban J connectivity index is 2.54. The molecule has 0 aliphatic carbocycles. The minimum absolute atomic E-state index is 0.0807. The van der Waals surface area contributed by atoms with Gasteiger partial charge in [-0.1, -0.05) is 24.4 Å². The van der Waals surface area contributed by atoms with E-state index in [2.05, 4.69) is 5.32 Å². The van der Waals surface area contributed by atoms with Gasteiger partial charge in [0, 0.05) is 0 Å². The van der Waals surface area contributed by atoms with Crippen molar-refractivity contribution in [2.24, 2.45) is 5.73 Å². The fraction of sp³-hybridized carbons (Fsp3) is 0.0714. The lowest BCUT2D eigenvalue weighted by molar-refractivity contribution is 0.584. The number of rotatable bonds is 3. The summed E-state index contributed by atoms with van der Waals surface area (Å²) in [5, 5.41) is 2.51. The number of nitrogens with one attached hydrogen (secondary N) is 1. The molecule has 0 unspecified atom stereocenters. The summed E-state index contributed by atoms with van der Waals surface area (Å²) < 4.78 is 41.3. The van der Waals surface area contributed by atoms with Crippen LogP contribution in [0, 0.1) is 24.4 Å². The second-order valence-corrected chi connectivity index (χ2v) is 4.64. The maximum absolute atomic E-state index is 13.9. The molecule has 20 heavy (non-hydrogen) atoms. The Kier molecular flexibility index (Phi) is 3.94. The van der Waals surface area contributed by atoms with Gasteiger partial charge in [0.15, 0.2) is 5.82 Å². The Morgan fingerprint density at radius 1 is 1.10 bits per heavy atom. The van der Waals surface area contributed by atoms with Crippen LogP contribution >= 0.6 is 12.2 Å². The van der Waals surface area contributed by atoms with Gasteiger partial charge in [0.2, 0.25) is 0 Å². The molecule has 0 saturated carbocycles. The SMILES string of the molecule is Cc1ccc(F)c(Nc2cccc(F)c2C(N)=S)c1F. The van der Waals surface area contributed by atoms with E-state index in [1.165, 1.54) is 31.2 Å². The molecule has 0 spiro atoms. The Morgan fingerprint density at radius 3 is 2.45 bits per heavy atom. The molecule has 2 aromatic carbocycles. The van der Waals surface area contributed by atoms with Crippen LogP contribution in [-0.4, -0.2) is 4.99 Å². The smallest absolute Gasteiger partial charge is 0.152 e. The summed E-state index contributed by atoms with van der Waals surface area (Å²) in [5.41, 5.74) is 5.37. The predicted octanol–water partition coefficient (Wildman–Crippen LogP) is 3.79. The van der Waals surface area contributed by atoms with E-state index in [9.17, 15) is 13.2 Å². The first-order valence-electron chi connectivity index (χ1n) is 5.71. The number of anilines is 2. The van der Waals surface area contributed by atoms with Crippen LogP contribution in [0.1, 0.15) is 11.1 Å². The fourth-order valence-electron chi connectivity index (χ4n) is 1.78. The van der Waals surface area contributed by atoms with Gasteiger partial charge in [-0.25, -0.2) is 13.2 Å². The molecule has 0 heterocycles. The van der Waals surface area contributed by atoms with Crippen molar-refractivity contribution in [3.8, 4) is 0 Å². The van der Waals surface area contributed by atoms with Crippen molar-refractivity contribution in [1.82, 2.24) is 0 Å². The van der Waals surface area contributed by atoms with Crippen molar-refractivity contribution in [1.29, 1.82) is 0 Å². The first-order valence-corrected chi connectivity index (χ1v) is 6.12. The van der Waals surface area contributed by atoms with E-state index < -0.39 is 17.5 Å². The van der Waals surface area contributed by atoms with Crippen LogP contribution in [0.4, 0.5) is 24.5 Å². The van der Waals surface area contributed by atoms with Gasteiger partial charge in [-0.15, -0.1) is 0 Å². The van der Waals surface area contributed by atoms with E-state index in [4.69, 9.17) is 18.0 Å². The van der Waals surface area contributed by atoms with E-state index in [1.54, 1.807) is 0 Å². The molecule has 0 bridgehead atoms. The van der Waals surface area contributed by atoms with Gasteiger partial charge >= 0.3 is 0 Å². The van der Waals surface area contributed by atoms with E-state index in [-0.39, 0.29) is 27.5 Å². The molecule has 0 aliphatic rings. The van der Waals surface area contributed by atoms with Gasteiger partial charge in [0.05, 0.1) is 11.3 Å². The molecule has 0 atom stereocenters. The van der Waals surface area contributed by atoms with Crippen LogP contribution in [0.2, 0.25) is 0 Å². The summed E-state index contributed by atoms with van der Waals surface area (Å²) in [6, 6.07) is 6.45. The molecule has 0 radical (unpaired) electrons. The third-order valence-corrected chi connectivity index (χ3v) is 3.01. The first kappa shape index (κ1) is 14.3. The number of hydrogen-bond donors (Lipinski definition) is 2. The number of thiocarbonyl (C=S) groups is 1. The van der Waals surface area contributed by atoms with Gasteiger partial charge < -0.3 is 11.1 Å². The highest BCUT2D eigenvalue weighted by Gasteiger charge is 2.16. The summed E-state index contributed by atoms with van der Waals surface area (Å²) in [7, 11) is 0. The van der Waals surface area contributed by atoms with Crippen LogP contribution < -0.4 is 11.1 Å². The molecule has 2 aromatic rings. The van der Waals surface area contributed by atoms with Crippen LogP contribution in [0.3, 0.4) is 0 Å². The molecular formula is C14H11F3N2S. The highest BCUT2D eigenvalue weighted by atomic mass is 32.1. The molecule has 3 N–H and O–H groups in total. The lowest BCUT2D eigenvalue weighted by Crippen LogP contribution is -2.14. The van der Waals surface area contributed by atoms with Crippen LogP contribution in [0.5, 0.6) is 0 Å². The number of aryl methyl sites for hydroxylation is 1. The molecule has 0 aromatic heterocycles. The third kappa shape index (κ3) is 2.60. The van der Waals surface area contributed by atoms with Crippen LogP contribution in [0.15, 0.2) is 30.3 Å². The quantitative estimate of drug-likeness (QED) is 0.846. The predicted molar refractivity (Wildman–Crippen MR) is 76.7 cm³/mol. The molecular weight excluding hydrogens is 285 g/mol. The Hall–Kier alpha value is -2.08. The van der Waals surface area contributed by atoms with Crippen molar-refractivity contribution in [2.75, 3.05) is 5.32 Å². The molecule has 0 aliphatic heterocycles. The Bertz CT molecular complexity index is 686. The van der Waals surface area contributed by atoms with Gasteiger partial charge in [0.1, 0.15) is 22.3 Å². The average Bonchev–Trinajstić information content (AvgIpc) is 2.39. The summed E-state index contributed by atoms with van der Waals surface area (Å²) >= 11 is 4.76. The zero-order valence-electron chi connectivity index (χ0n) is 10.5. The molecule has 104 valence electrons. The topological polar surface area (TPSA) is 38.0 Å². The lowest BCUT2D eigenvalue weighted by atomic mass is 10.1.